The van der Waals surface area contributed by atoms with Crippen LogP contribution in [-0.2, 0) is 4.74 Å². The summed E-state index contributed by atoms with van der Waals surface area (Å²) in [4.78, 5) is 25.8. The molecular weight excluding hydrogens is 356 g/mol. The zero-order chi connectivity index (χ0) is 19.3. The maximum atomic E-state index is 12.5. The van der Waals surface area contributed by atoms with Crippen LogP contribution in [0, 0.1) is 0 Å². The molecule has 0 spiro atoms. The standard InChI is InChI=1S/C22H24N2O4/c25-21(23-17-7-3-1-4-8-17)24-15-20(28-22(24)26)16-11-13-19(14-12-16)27-18-9-5-2-6-10-18/h2,5-6,9-14,17,20H,1,3-4,7-8,15H2,(H,23,25). The second-order valence-corrected chi connectivity index (χ2v) is 7.25. The fourth-order valence-electron chi connectivity index (χ4n) is 3.68. The lowest BCUT2D eigenvalue weighted by atomic mass is 9.96. The molecule has 0 bridgehead atoms. The molecule has 1 saturated carbocycles. The van der Waals surface area contributed by atoms with E-state index in [2.05, 4.69) is 5.32 Å². The number of rotatable bonds is 4. The average molecular weight is 380 g/mol. The molecule has 2 fully saturated rings. The molecule has 1 saturated heterocycles. The normalized spacial score (nSPS) is 19.9. The van der Waals surface area contributed by atoms with Crippen LogP contribution >= 0.6 is 0 Å². The Labute approximate surface area is 164 Å². The number of imide groups is 1. The Morgan fingerprint density at radius 1 is 0.964 bits per heavy atom. The van der Waals surface area contributed by atoms with Crippen molar-refractivity contribution in [1.82, 2.24) is 10.2 Å². The molecule has 1 atom stereocenters. The second-order valence-electron chi connectivity index (χ2n) is 7.25. The number of cyclic esters (lactones) is 1. The first-order valence-electron chi connectivity index (χ1n) is 9.80. The fraction of sp³-hybridized carbons (Fsp3) is 0.364. The lowest BCUT2D eigenvalue weighted by Crippen LogP contribution is -2.45. The molecule has 6 heteroatoms. The fourth-order valence-corrected chi connectivity index (χ4v) is 3.68. The van der Waals surface area contributed by atoms with Crippen molar-refractivity contribution < 1.29 is 19.1 Å². The third-order valence-corrected chi connectivity index (χ3v) is 5.22. The molecule has 3 amide bonds. The van der Waals surface area contributed by atoms with Gasteiger partial charge < -0.3 is 14.8 Å². The summed E-state index contributed by atoms with van der Waals surface area (Å²) < 4.78 is 11.2. The van der Waals surface area contributed by atoms with Crippen LogP contribution in [0.4, 0.5) is 9.59 Å². The van der Waals surface area contributed by atoms with Crippen molar-refractivity contribution in [2.75, 3.05) is 6.54 Å². The number of carbonyl (C=O) groups excluding carboxylic acids is 2. The first kappa shape index (κ1) is 18.3. The van der Waals surface area contributed by atoms with Gasteiger partial charge >= 0.3 is 12.1 Å². The van der Waals surface area contributed by atoms with Crippen molar-refractivity contribution in [3.63, 3.8) is 0 Å². The summed E-state index contributed by atoms with van der Waals surface area (Å²) >= 11 is 0. The van der Waals surface area contributed by atoms with Gasteiger partial charge in [0.25, 0.3) is 0 Å². The van der Waals surface area contributed by atoms with Crippen LogP contribution < -0.4 is 10.1 Å². The Kier molecular flexibility index (Phi) is 5.46. The van der Waals surface area contributed by atoms with Gasteiger partial charge in [-0.1, -0.05) is 49.6 Å². The van der Waals surface area contributed by atoms with E-state index < -0.39 is 12.2 Å². The molecule has 1 aliphatic carbocycles. The smallest absolute Gasteiger partial charge is 0.418 e. The molecule has 2 aliphatic rings. The minimum atomic E-state index is -0.595. The van der Waals surface area contributed by atoms with Crippen LogP contribution in [0.3, 0.4) is 0 Å². The molecule has 1 heterocycles. The lowest BCUT2D eigenvalue weighted by molar-refractivity contribution is 0.133. The first-order chi connectivity index (χ1) is 13.7. The number of urea groups is 1. The summed E-state index contributed by atoms with van der Waals surface area (Å²) in [6.07, 6.45) is 4.34. The van der Waals surface area contributed by atoms with E-state index in [4.69, 9.17) is 9.47 Å². The van der Waals surface area contributed by atoms with Crippen molar-refractivity contribution in [1.29, 1.82) is 0 Å². The van der Waals surface area contributed by atoms with Gasteiger partial charge in [-0.15, -0.1) is 0 Å². The highest BCUT2D eigenvalue weighted by molar-refractivity contribution is 5.92. The number of nitrogens with zero attached hydrogens (tertiary/aromatic N) is 1. The predicted octanol–water partition coefficient (Wildman–Crippen LogP) is 5.01. The molecule has 28 heavy (non-hydrogen) atoms. The monoisotopic (exact) mass is 380 g/mol. The van der Waals surface area contributed by atoms with Crippen LogP contribution in [0.1, 0.15) is 43.8 Å². The molecule has 1 aliphatic heterocycles. The van der Waals surface area contributed by atoms with E-state index in [0.717, 1.165) is 41.9 Å². The van der Waals surface area contributed by atoms with Gasteiger partial charge in [0.05, 0.1) is 6.54 Å². The highest BCUT2D eigenvalue weighted by atomic mass is 16.6. The second kappa shape index (κ2) is 8.33. The van der Waals surface area contributed by atoms with Crippen molar-refractivity contribution >= 4 is 12.1 Å². The molecule has 146 valence electrons. The molecule has 2 aromatic rings. The number of nitrogens with one attached hydrogen (secondary N) is 1. The number of para-hydroxylation sites is 1. The largest absolute Gasteiger partial charge is 0.457 e. The Morgan fingerprint density at radius 2 is 1.64 bits per heavy atom. The molecule has 2 aromatic carbocycles. The van der Waals surface area contributed by atoms with Gasteiger partial charge in [-0.3, -0.25) is 0 Å². The Bertz CT molecular complexity index is 816. The van der Waals surface area contributed by atoms with Crippen molar-refractivity contribution in [2.45, 2.75) is 44.2 Å². The summed E-state index contributed by atoms with van der Waals surface area (Å²) in [5, 5.41) is 2.97. The van der Waals surface area contributed by atoms with E-state index in [0.29, 0.717) is 5.75 Å². The topological polar surface area (TPSA) is 67.9 Å². The summed E-state index contributed by atoms with van der Waals surface area (Å²) in [7, 11) is 0. The van der Waals surface area contributed by atoms with E-state index in [9.17, 15) is 9.59 Å². The van der Waals surface area contributed by atoms with Crippen LogP contribution in [0.25, 0.3) is 0 Å². The Morgan fingerprint density at radius 3 is 2.36 bits per heavy atom. The summed E-state index contributed by atoms with van der Waals surface area (Å²) in [6, 6.07) is 16.7. The van der Waals surface area contributed by atoms with Gasteiger partial charge in [0.15, 0.2) is 0 Å². The van der Waals surface area contributed by atoms with Crippen molar-refractivity contribution in [3.05, 3.63) is 60.2 Å². The SMILES string of the molecule is O=C(NC1CCCCC1)N1CC(c2ccc(Oc3ccccc3)cc2)OC1=O. The molecule has 4 rings (SSSR count). The van der Waals surface area contributed by atoms with Crippen molar-refractivity contribution in [2.24, 2.45) is 0 Å². The van der Waals surface area contributed by atoms with Crippen molar-refractivity contribution in [3.8, 4) is 11.5 Å². The number of amides is 3. The molecule has 0 radical (unpaired) electrons. The quantitative estimate of drug-likeness (QED) is 0.809. The van der Waals surface area contributed by atoms with Gasteiger partial charge in [-0.05, 0) is 42.7 Å². The van der Waals surface area contributed by atoms with Gasteiger partial charge in [-0.2, -0.15) is 0 Å². The van der Waals surface area contributed by atoms with E-state index in [1.54, 1.807) is 0 Å². The van der Waals surface area contributed by atoms with Crippen LogP contribution in [0.15, 0.2) is 54.6 Å². The number of benzene rings is 2. The molecule has 0 aromatic heterocycles. The maximum Gasteiger partial charge on any atom is 0.418 e. The minimum absolute atomic E-state index is 0.155. The van der Waals surface area contributed by atoms with Gasteiger partial charge in [0, 0.05) is 6.04 Å². The Balaban J connectivity index is 1.36. The van der Waals surface area contributed by atoms with Crippen LogP contribution in [-0.4, -0.2) is 29.6 Å². The molecule has 1 unspecified atom stereocenters. The van der Waals surface area contributed by atoms with Crippen LogP contribution in [0.5, 0.6) is 11.5 Å². The Hall–Kier alpha value is -3.02. The van der Waals surface area contributed by atoms with E-state index in [1.165, 1.54) is 6.42 Å². The van der Waals surface area contributed by atoms with E-state index >= 15 is 0 Å². The molecule has 1 N–H and O–H groups in total. The predicted molar refractivity (Wildman–Crippen MR) is 104 cm³/mol. The summed E-state index contributed by atoms with van der Waals surface area (Å²) in [5.41, 5.74) is 0.835. The maximum absolute atomic E-state index is 12.5. The minimum Gasteiger partial charge on any atom is -0.457 e. The van der Waals surface area contributed by atoms with Crippen LogP contribution in [0.2, 0.25) is 0 Å². The lowest BCUT2D eigenvalue weighted by Gasteiger charge is -2.24. The molecular formula is C22H24N2O4. The van der Waals surface area contributed by atoms with Gasteiger partial charge in [0.2, 0.25) is 0 Å². The molecule has 6 nitrogen and oxygen atoms in total. The number of hydrogen-bond donors (Lipinski definition) is 1. The first-order valence-corrected chi connectivity index (χ1v) is 9.80. The number of carbonyl (C=O) groups is 2. The number of hydrogen-bond acceptors (Lipinski definition) is 4. The highest BCUT2D eigenvalue weighted by Gasteiger charge is 2.37. The van der Waals surface area contributed by atoms with E-state index in [1.807, 2.05) is 54.6 Å². The summed E-state index contributed by atoms with van der Waals surface area (Å²) in [6.45, 7) is 0.219. The third kappa shape index (κ3) is 4.27. The van der Waals surface area contributed by atoms with Gasteiger partial charge in [-0.25, -0.2) is 14.5 Å². The average Bonchev–Trinajstić information content (AvgIpc) is 3.12. The zero-order valence-corrected chi connectivity index (χ0v) is 15.7. The van der Waals surface area contributed by atoms with E-state index in [-0.39, 0.29) is 18.6 Å². The van der Waals surface area contributed by atoms with Gasteiger partial charge in [0.1, 0.15) is 17.6 Å². The summed E-state index contributed by atoms with van der Waals surface area (Å²) in [5.74, 6) is 1.46. The zero-order valence-electron chi connectivity index (χ0n) is 15.7. The number of ether oxygens (including phenoxy) is 2. The third-order valence-electron chi connectivity index (χ3n) is 5.22. The highest BCUT2D eigenvalue weighted by Crippen LogP contribution is 2.29.